The van der Waals surface area contributed by atoms with Crippen molar-refractivity contribution in [2.45, 2.75) is 13.2 Å². The quantitative estimate of drug-likeness (QED) is 0.763. The van der Waals surface area contributed by atoms with Crippen molar-refractivity contribution >= 4 is 17.6 Å². The summed E-state index contributed by atoms with van der Waals surface area (Å²) in [5.41, 5.74) is 8.06. The minimum absolute atomic E-state index is 0.341. The van der Waals surface area contributed by atoms with Gasteiger partial charge < -0.3 is 21.1 Å². The lowest BCUT2D eigenvalue weighted by Gasteiger charge is -2.11. The zero-order chi connectivity index (χ0) is 16.7. The number of carbonyl (C=O) groups excluding carboxylic acids is 2. The molecule has 6 heteroatoms. The topological polar surface area (TPSA) is 93.4 Å². The van der Waals surface area contributed by atoms with Crippen LogP contribution in [0.4, 0.5) is 10.5 Å². The van der Waals surface area contributed by atoms with Crippen molar-refractivity contribution in [3.8, 4) is 0 Å². The second kappa shape index (κ2) is 7.95. The Morgan fingerprint density at radius 2 is 1.83 bits per heavy atom. The number of benzene rings is 2. The summed E-state index contributed by atoms with van der Waals surface area (Å²) >= 11 is 0. The number of nitrogens with one attached hydrogen (secondary N) is 2. The van der Waals surface area contributed by atoms with E-state index in [-0.39, 0.29) is 6.03 Å². The molecular weight excluding hydrogens is 294 g/mol. The van der Waals surface area contributed by atoms with Crippen LogP contribution in [0.15, 0.2) is 48.5 Å². The monoisotopic (exact) mass is 313 g/mol. The smallest absolute Gasteiger partial charge is 0.319 e. The van der Waals surface area contributed by atoms with E-state index < -0.39 is 5.91 Å². The maximum absolute atomic E-state index is 12.0. The number of anilines is 1. The Bertz CT molecular complexity index is 701. The van der Waals surface area contributed by atoms with Crippen LogP contribution in [0.3, 0.4) is 0 Å². The standard InChI is InChI=1S/C17H19N3O3/c1-23-11-14-6-3-2-5-13(14)10-19-17(22)20-15-8-4-7-12(9-15)16(18)21/h2-9H,10-11H2,1H3,(H2,18,21)(H2,19,20,22). The van der Waals surface area contributed by atoms with E-state index in [4.69, 9.17) is 10.5 Å². The zero-order valence-corrected chi connectivity index (χ0v) is 12.8. The van der Waals surface area contributed by atoms with E-state index in [1.807, 2.05) is 24.3 Å². The molecule has 0 saturated heterocycles. The molecule has 0 aliphatic heterocycles. The molecule has 2 aromatic carbocycles. The molecular formula is C17H19N3O3. The highest BCUT2D eigenvalue weighted by Gasteiger charge is 2.06. The molecule has 6 nitrogen and oxygen atoms in total. The number of amides is 3. The third-order valence-corrected chi connectivity index (χ3v) is 3.26. The lowest BCUT2D eigenvalue weighted by atomic mass is 10.1. The summed E-state index contributed by atoms with van der Waals surface area (Å²) < 4.78 is 5.13. The van der Waals surface area contributed by atoms with E-state index in [2.05, 4.69) is 10.6 Å². The molecule has 2 aromatic rings. The molecule has 23 heavy (non-hydrogen) atoms. The fourth-order valence-corrected chi connectivity index (χ4v) is 2.13. The predicted molar refractivity (Wildman–Crippen MR) is 88.0 cm³/mol. The number of nitrogens with two attached hydrogens (primary N) is 1. The number of carbonyl (C=O) groups is 2. The van der Waals surface area contributed by atoms with Crippen LogP contribution >= 0.6 is 0 Å². The normalized spacial score (nSPS) is 10.1. The summed E-state index contributed by atoms with van der Waals surface area (Å²) in [4.78, 5) is 23.1. The molecule has 120 valence electrons. The molecule has 0 saturated carbocycles. The number of methoxy groups -OCH3 is 1. The van der Waals surface area contributed by atoms with Gasteiger partial charge in [-0.05, 0) is 29.3 Å². The predicted octanol–water partition coefficient (Wildman–Crippen LogP) is 2.25. The molecule has 2 rings (SSSR count). The Balaban J connectivity index is 1.95. The summed E-state index contributed by atoms with van der Waals surface area (Å²) in [6, 6.07) is 13.8. The maximum Gasteiger partial charge on any atom is 0.319 e. The molecule has 0 radical (unpaired) electrons. The molecule has 0 aliphatic carbocycles. The van der Waals surface area contributed by atoms with Crippen LogP contribution in [-0.2, 0) is 17.9 Å². The Hall–Kier alpha value is -2.86. The van der Waals surface area contributed by atoms with E-state index in [0.717, 1.165) is 11.1 Å². The lowest BCUT2D eigenvalue weighted by Crippen LogP contribution is -2.28. The second-order valence-electron chi connectivity index (χ2n) is 4.95. The van der Waals surface area contributed by atoms with E-state index in [9.17, 15) is 9.59 Å². The molecule has 0 unspecified atom stereocenters. The molecule has 0 aliphatic rings. The Morgan fingerprint density at radius 1 is 1.09 bits per heavy atom. The van der Waals surface area contributed by atoms with Crippen molar-refractivity contribution in [2.75, 3.05) is 12.4 Å². The molecule has 0 atom stereocenters. The lowest BCUT2D eigenvalue weighted by molar-refractivity contribution is 0.100. The van der Waals surface area contributed by atoms with Gasteiger partial charge in [-0.1, -0.05) is 30.3 Å². The zero-order valence-electron chi connectivity index (χ0n) is 12.8. The summed E-state index contributed by atoms with van der Waals surface area (Å²) in [6.45, 7) is 0.862. The van der Waals surface area contributed by atoms with Crippen molar-refractivity contribution in [2.24, 2.45) is 5.73 Å². The molecule has 0 heterocycles. The van der Waals surface area contributed by atoms with Crippen molar-refractivity contribution in [1.29, 1.82) is 0 Å². The highest BCUT2D eigenvalue weighted by molar-refractivity contribution is 5.95. The van der Waals surface area contributed by atoms with Gasteiger partial charge in [-0.25, -0.2) is 4.79 Å². The first-order chi connectivity index (χ1) is 11.1. The highest BCUT2D eigenvalue weighted by Crippen LogP contribution is 2.11. The Morgan fingerprint density at radius 3 is 2.52 bits per heavy atom. The van der Waals surface area contributed by atoms with Gasteiger partial charge in [0.05, 0.1) is 6.61 Å². The van der Waals surface area contributed by atoms with Crippen LogP contribution < -0.4 is 16.4 Å². The number of rotatable bonds is 6. The number of ether oxygens (including phenoxy) is 1. The molecule has 0 fully saturated rings. The van der Waals surface area contributed by atoms with Crippen LogP contribution in [-0.4, -0.2) is 19.0 Å². The van der Waals surface area contributed by atoms with Gasteiger partial charge in [-0.2, -0.15) is 0 Å². The third kappa shape index (κ3) is 4.82. The molecule has 0 bridgehead atoms. The largest absolute Gasteiger partial charge is 0.380 e. The fourth-order valence-electron chi connectivity index (χ4n) is 2.13. The summed E-state index contributed by atoms with van der Waals surface area (Å²) in [7, 11) is 1.63. The van der Waals surface area contributed by atoms with Gasteiger partial charge in [-0.15, -0.1) is 0 Å². The number of primary amides is 1. The average Bonchev–Trinajstić information content (AvgIpc) is 2.54. The maximum atomic E-state index is 12.0. The molecule has 3 amide bonds. The van der Waals surface area contributed by atoms with E-state index >= 15 is 0 Å². The van der Waals surface area contributed by atoms with Crippen LogP contribution in [0.1, 0.15) is 21.5 Å². The van der Waals surface area contributed by atoms with Gasteiger partial charge in [0, 0.05) is 24.9 Å². The number of hydrogen-bond acceptors (Lipinski definition) is 3. The van der Waals surface area contributed by atoms with Crippen molar-refractivity contribution in [3.05, 3.63) is 65.2 Å². The number of urea groups is 1. The molecule has 4 N–H and O–H groups in total. The van der Waals surface area contributed by atoms with E-state index in [1.54, 1.807) is 25.3 Å². The van der Waals surface area contributed by atoms with Crippen molar-refractivity contribution < 1.29 is 14.3 Å². The fraction of sp³-hybridized carbons (Fsp3) is 0.176. The summed E-state index contributed by atoms with van der Waals surface area (Å²) in [5, 5.41) is 5.44. The van der Waals surface area contributed by atoms with E-state index in [0.29, 0.717) is 24.4 Å². The second-order valence-corrected chi connectivity index (χ2v) is 4.95. The van der Waals surface area contributed by atoms with Crippen LogP contribution in [0.2, 0.25) is 0 Å². The third-order valence-electron chi connectivity index (χ3n) is 3.26. The summed E-state index contributed by atoms with van der Waals surface area (Å²) in [6.07, 6.45) is 0. The average molecular weight is 313 g/mol. The van der Waals surface area contributed by atoms with Gasteiger partial charge in [0.1, 0.15) is 0 Å². The van der Waals surface area contributed by atoms with Crippen molar-refractivity contribution in [1.82, 2.24) is 5.32 Å². The van der Waals surface area contributed by atoms with Crippen molar-refractivity contribution in [3.63, 3.8) is 0 Å². The summed E-state index contributed by atoms with van der Waals surface area (Å²) in [5.74, 6) is -0.539. The van der Waals surface area contributed by atoms with Crippen LogP contribution in [0.25, 0.3) is 0 Å². The van der Waals surface area contributed by atoms with Gasteiger partial charge in [0.2, 0.25) is 5.91 Å². The van der Waals surface area contributed by atoms with E-state index in [1.165, 1.54) is 6.07 Å². The SMILES string of the molecule is COCc1ccccc1CNC(=O)Nc1cccc(C(N)=O)c1. The Labute approximate surface area is 134 Å². The van der Waals surface area contributed by atoms with Gasteiger partial charge in [0.25, 0.3) is 0 Å². The van der Waals surface area contributed by atoms with Gasteiger partial charge in [-0.3, -0.25) is 4.79 Å². The van der Waals surface area contributed by atoms with Crippen LogP contribution in [0.5, 0.6) is 0 Å². The minimum atomic E-state index is -0.539. The first-order valence-corrected chi connectivity index (χ1v) is 7.10. The minimum Gasteiger partial charge on any atom is -0.380 e. The first kappa shape index (κ1) is 16.5. The van der Waals surface area contributed by atoms with Gasteiger partial charge in [0.15, 0.2) is 0 Å². The first-order valence-electron chi connectivity index (χ1n) is 7.10. The highest BCUT2D eigenvalue weighted by atomic mass is 16.5. The van der Waals surface area contributed by atoms with Crippen LogP contribution in [0, 0.1) is 0 Å². The molecule has 0 aromatic heterocycles. The Kier molecular flexibility index (Phi) is 5.71. The number of hydrogen-bond donors (Lipinski definition) is 3. The van der Waals surface area contributed by atoms with Gasteiger partial charge >= 0.3 is 6.03 Å². The molecule has 0 spiro atoms.